The number of amides is 4. The van der Waals surface area contributed by atoms with Gasteiger partial charge in [0.1, 0.15) is 12.1 Å². The molecule has 0 saturated heterocycles. The van der Waals surface area contributed by atoms with Gasteiger partial charge in [-0.2, -0.15) is 0 Å². The molecule has 0 heterocycles. The summed E-state index contributed by atoms with van der Waals surface area (Å²) < 4.78 is 32.0. The summed E-state index contributed by atoms with van der Waals surface area (Å²) in [5, 5.41) is 30.3. The van der Waals surface area contributed by atoms with E-state index in [-0.39, 0.29) is 58.1 Å². The van der Waals surface area contributed by atoms with Crippen LogP contribution in [0.3, 0.4) is 0 Å². The molecule has 0 aromatic rings. The van der Waals surface area contributed by atoms with Crippen molar-refractivity contribution in [2.24, 2.45) is 21.6 Å². The fraction of sp³-hybridized carbons (Fsp3) is 0.759. The minimum absolute atomic E-state index is 0.0367. The van der Waals surface area contributed by atoms with Gasteiger partial charge in [0.25, 0.3) is 0 Å². The van der Waals surface area contributed by atoms with E-state index < -0.39 is 67.2 Å². The third-order valence-corrected chi connectivity index (χ3v) is 6.21. The maximum Gasteiger partial charge on any atom is 0.326 e. The molecule has 10 N–H and O–H groups in total. The molecule has 302 valence electrons. The van der Waals surface area contributed by atoms with Gasteiger partial charge in [0, 0.05) is 24.4 Å². The first kappa shape index (κ1) is 48.2. The van der Waals surface area contributed by atoms with Crippen LogP contribution < -0.4 is 32.7 Å². The van der Waals surface area contributed by atoms with Gasteiger partial charge in [-0.05, 0) is 18.4 Å². The Kier molecular flexibility index (Phi) is 30.0. The highest BCUT2D eigenvalue weighted by Crippen LogP contribution is 2.00. The van der Waals surface area contributed by atoms with E-state index in [0.717, 1.165) is 0 Å². The lowest BCUT2D eigenvalue weighted by atomic mass is 10.1. The van der Waals surface area contributed by atoms with Crippen molar-refractivity contribution in [3.05, 3.63) is 10.4 Å². The first-order valence-corrected chi connectivity index (χ1v) is 16.6. The van der Waals surface area contributed by atoms with Gasteiger partial charge in [0.15, 0.2) is 5.96 Å². The van der Waals surface area contributed by atoms with Crippen LogP contribution in [0.2, 0.25) is 0 Å². The number of guanidine groups is 1. The number of carbonyl (C=O) groups excluding carboxylic acids is 4. The number of nitrogens with one attached hydrogen (secondary N) is 4. The molecule has 0 saturated carbocycles. The summed E-state index contributed by atoms with van der Waals surface area (Å²) in [5.41, 5.74) is 18.7. The van der Waals surface area contributed by atoms with Crippen molar-refractivity contribution in [2.75, 3.05) is 105 Å². The van der Waals surface area contributed by atoms with E-state index in [0.29, 0.717) is 59.5 Å². The molecule has 0 aliphatic heterocycles. The van der Waals surface area contributed by atoms with Crippen LogP contribution in [0.25, 0.3) is 10.4 Å². The molecule has 0 radical (unpaired) electrons. The van der Waals surface area contributed by atoms with Crippen molar-refractivity contribution < 1.29 is 67.4 Å². The van der Waals surface area contributed by atoms with Crippen LogP contribution in [0.15, 0.2) is 10.1 Å². The molecule has 0 aliphatic rings. The number of azide groups is 1. The quantitative estimate of drug-likeness (QED) is 0.00778. The Morgan fingerprint density at radius 3 is 1.58 bits per heavy atom. The molecule has 2 atom stereocenters. The first-order valence-electron chi connectivity index (χ1n) is 16.6. The van der Waals surface area contributed by atoms with E-state index in [1.54, 1.807) is 0 Å². The van der Waals surface area contributed by atoms with E-state index in [1.165, 1.54) is 0 Å². The lowest BCUT2D eigenvalue weighted by Crippen LogP contribution is -2.52. The number of hydrogen-bond donors (Lipinski definition) is 8. The molecule has 0 fully saturated rings. The fourth-order valence-electron chi connectivity index (χ4n) is 3.71. The molecule has 0 aromatic heterocycles. The fourth-order valence-corrected chi connectivity index (χ4v) is 3.71. The molecule has 24 heteroatoms. The summed E-state index contributed by atoms with van der Waals surface area (Å²) in [6, 6.07) is -2.89. The van der Waals surface area contributed by atoms with Gasteiger partial charge in [0.2, 0.25) is 23.6 Å². The van der Waals surface area contributed by atoms with E-state index in [1.807, 2.05) is 5.32 Å². The predicted octanol–water partition coefficient (Wildman–Crippen LogP) is -3.40. The SMILES string of the molecule is [N-]=[N+]=NCCOCCOCCOCCOCCOCCOCCC(=O)NCC(=O)N[C@@H](CCCN=C(N)N)C(=O)NCC(=O)N[C@@H](CC(=O)O)C(=O)O. The maximum absolute atomic E-state index is 12.7. The highest BCUT2D eigenvalue weighted by Gasteiger charge is 2.25. The van der Waals surface area contributed by atoms with Crippen molar-refractivity contribution >= 4 is 41.5 Å². The second-order valence-electron chi connectivity index (χ2n) is 10.5. The molecule has 0 rings (SSSR count). The van der Waals surface area contributed by atoms with Crippen molar-refractivity contribution in [3.63, 3.8) is 0 Å². The van der Waals surface area contributed by atoms with E-state index in [2.05, 4.69) is 31.0 Å². The van der Waals surface area contributed by atoms with Crippen LogP contribution in [-0.4, -0.2) is 169 Å². The Hall–Kier alpha value is -4.84. The zero-order valence-electron chi connectivity index (χ0n) is 29.5. The van der Waals surface area contributed by atoms with Gasteiger partial charge in [-0.1, -0.05) is 5.11 Å². The predicted molar refractivity (Wildman–Crippen MR) is 183 cm³/mol. The summed E-state index contributed by atoms with van der Waals surface area (Å²) >= 11 is 0. The topological polar surface area (TPSA) is 360 Å². The number of nitrogens with two attached hydrogens (primary N) is 2. The standard InChI is InChI=1S/C29H52N10O14/c30-29(31)33-4-1-2-21(27(45)35-20-25(42)38-22(28(46)47)18-26(43)44)37-24(41)19-34-23(40)3-6-48-8-10-50-12-14-52-16-17-53-15-13-51-11-9-49-7-5-36-39-32/h21-22H,1-20H2,(H,34,40)(H,35,45)(H,37,41)(H,38,42)(H,43,44)(H,46,47)(H4,30,31,33)/t21-,22-/m0/s1. The van der Waals surface area contributed by atoms with Crippen molar-refractivity contribution in [1.29, 1.82) is 0 Å². The molecule has 0 unspecified atom stereocenters. The minimum atomic E-state index is -1.71. The Labute approximate surface area is 305 Å². The third kappa shape index (κ3) is 31.6. The Morgan fingerprint density at radius 2 is 1.11 bits per heavy atom. The van der Waals surface area contributed by atoms with Gasteiger partial charge in [-0.15, -0.1) is 0 Å². The minimum Gasteiger partial charge on any atom is -0.481 e. The Bertz CT molecular complexity index is 1170. The van der Waals surface area contributed by atoms with Crippen LogP contribution in [0.4, 0.5) is 0 Å². The zero-order valence-corrected chi connectivity index (χ0v) is 29.5. The number of nitrogens with zero attached hydrogens (tertiary/aromatic N) is 4. The normalized spacial score (nSPS) is 11.7. The van der Waals surface area contributed by atoms with E-state index in [4.69, 9.17) is 55.6 Å². The number of rotatable bonds is 35. The number of carboxylic acid groups (broad SMARTS) is 2. The average Bonchev–Trinajstić information content (AvgIpc) is 3.11. The average molecular weight is 765 g/mol. The molecule has 53 heavy (non-hydrogen) atoms. The largest absolute Gasteiger partial charge is 0.481 e. The lowest BCUT2D eigenvalue weighted by molar-refractivity contribution is -0.147. The monoisotopic (exact) mass is 764 g/mol. The third-order valence-electron chi connectivity index (χ3n) is 6.21. The molecule has 0 spiro atoms. The second-order valence-corrected chi connectivity index (χ2v) is 10.5. The van der Waals surface area contributed by atoms with Crippen LogP contribution in [-0.2, 0) is 57.2 Å². The zero-order chi connectivity index (χ0) is 39.5. The summed E-state index contributed by atoms with van der Waals surface area (Å²) in [5.74, 6) is -6.18. The van der Waals surface area contributed by atoms with Crippen LogP contribution in [0.1, 0.15) is 25.7 Å². The number of carboxylic acids is 2. The number of ether oxygens (including phenoxy) is 6. The lowest BCUT2D eigenvalue weighted by Gasteiger charge is -2.19. The highest BCUT2D eigenvalue weighted by molar-refractivity contribution is 5.93. The van der Waals surface area contributed by atoms with Crippen LogP contribution in [0, 0.1) is 0 Å². The number of aliphatic carboxylic acids is 2. The van der Waals surface area contributed by atoms with Crippen LogP contribution >= 0.6 is 0 Å². The van der Waals surface area contributed by atoms with Crippen molar-refractivity contribution in [1.82, 2.24) is 21.3 Å². The molecule has 24 nitrogen and oxygen atoms in total. The van der Waals surface area contributed by atoms with Gasteiger partial charge in [-0.3, -0.25) is 29.0 Å². The summed E-state index contributed by atoms with van der Waals surface area (Å²) in [6.45, 7) is 3.25. The molecule has 0 aromatic carbocycles. The Morgan fingerprint density at radius 1 is 0.642 bits per heavy atom. The number of aliphatic imine (C=N–C) groups is 1. The highest BCUT2D eigenvalue weighted by atomic mass is 16.6. The molecule has 0 bridgehead atoms. The smallest absolute Gasteiger partial charge is 0.326 e. The maximum atomic E-state index is 12.7. The van der Waals surface area contributed by atoms with Crippen LogP contribution in [0.5, 0.6) is 0 Å². The summed E-state index contributed by atoms with van der Waals surface area (Å²) in [4.78, 5) is 77.8. The molecular formula is C29H52N10O14. The molecular weight excluding hydrogens is 712 g/mol. The first-order chi connectivity index (χ1) is 25.5. The summed E-state index contributed by atoms with van der Waals surface area (Å²) in [6.07, 6.45) is -0.642. The van der Waals surface area contributed by atoms with E-state index in [9.17, 15) is 28.8 Å². The van der Waals surface area contributed by atoms with Gasteiger partial charge in [-0.25, -0.2) is 4.79 Å². The van der Waals surface area contributed by atoms with E-state index >= 15 is 0 Å². The Balaban J connectivity index is 4.13. The second kappa shape index (κ2) is 33.0. The number of carbonyl (C=O) groups is 6. The molecule has 4 amide bonds. The van der Waals surface area contributed by atoms with Gasteiger partial charge in [0.05, 0.1) is 98.8 Å². The van der Waals surface area contributed by atoms with Crippen molar-refractivity contribution in [2.45, 2.75) is 37.8 Å². The van der Waals surface area contributed by atoms with Gasteiger partial charge >= 0.3 is 11.9 Å². The molecule has 0 aliphatic carbocycles. The summed E-state index contributed by atoms with van der Waals surface area (Å²) in [7, 11) is 0. The van der Waals surface area contributed by atoms with Gasteiger partial charge < -0.3 is 71.4 Å². The van der Waals surface area contributed by atoms with Crippen molar-refractivity contribution in [3.8, 4) is 0 Å². The number of hydrogen-bond acceptors (Lipinski definition) is 14.